The van der Waals surface area contributed by atoms with Gasteiger partial charge in [-0.05, 0) is 17.7 Å². The highest BCUT2D eigenvalue weighted by molar-refractivity contribution is 5.75. The first-order chi connectivity index (χ1) is 9.12. The Morgan fingerprint density at radius 3 is 2.53 bits per heavy atom. The van der Waals surface area contributed by atoms with Gasteiger partial charge in [0.25, 0.3) is 0 Å². The molecule has 1 heterocycles. The first-order valence-electron chi connectivity index (χ1n) is 6.15. The predicted octanol–water partition coefficient (Wildman–Crippen LogP) is 1.55. The van der Waals surface area contributed by atoms with Crippen LogP contribution in [-0.2, 0) is 9.53 Å². The molecule has 5 nitrogen and oxygen atoms in total. The highest BCUT2D eigenvalue weighted by atomic mass is 16.6. The lowest BCUT2D eigenvalue weighted by atomic mass is 9.89. The topological polar surface area (TPSA) is 65.0 Å². The molecule has 1 aliphatic heterocycles. The van der Waals surface area contributed by atoms with Gasteiger partial charge in [-0.2, -0.15) is 0 Å². The average molecular weight is 266 g/mol. The summed E-state index contributed by atoms with van der Waals surface area (Å²) in [6.45, 7) is 1.68. The SMILES string of the molecule is COc1ccc([C@@H]2OC(=O)[C@@H](C)[C@@H]2CO)cc1OC. The number of carbonyl (C=O) groups excluding carboxylic acids is 1. The van der Waals surface area contributed by atoms with Crippen molar-refractivity contribution in [2.45, 2.75) is 13.0 Å². The van der Waals surface area contributed by atoms with E-state index in [1.54, 1.807) is 33.3 Å². The van der Waals surface area contributed by atoms with Gasteiger partial charge in [-0.25, -0.2) is 0 Å². The predicted molar refractivity (Wildman–Crippen MR) is 68.1 cm³/mol. The van der Waals surface area contributed by atoms with Gasteiger partial charge in [0.2, 0.25) is 0 Å². The van der Waals surface area contributed by atoms with E-state index in [0.29, 0.717) is 11.5 Å². The van der Waals surface area contributed by atoms with Crippen LogP contribution in [0.25, 0.3) is 0 Å². The lowest BCUT2D eigenvalue weighted by Gasteiger charge is -2.18. The van der Waals surface area contributed by atoms with Crippen LogP contribution >= 0.6 is 0 Å². The summed E-state index contributed by atoms with van der Waals surface area (Å²) in [6.07, 6.45) is -0.438. The maximum atomic E-state index is 11.6. The van der Waals surface area contributed by atoms with Crippen molar-refractivity contribution in [2.75, 3.05) is 20.8 Å². The van der Waals surface area contributed by atoms with Gasteiger partial charge in [0.05, 0.1) is 26.7 Å². The van der Waals surface area contributed by atoms with Gasteiger partial charge < -0.3 is 19.3 Å². The van der Waals surface area contributed by atoms with Crippen molar-refractivity contribution in [2.24, 2.45) is 11.8 Å². The Kier molecular flexibility index (Phi) is 3.95. The molecule has 19 heavy (non-hydrogen) atoms. The van der Waals surface area contributed by atoms with Crippen LogP contribution in [-0.4, -0.2) is 31.9 Å². The van der Waals surface area contributed by atoms with Crippen molar-refractivity contribution >= 4 is 5.97 Å². The third-order valence-electron chi connectivity index (χ3n) is 3.59. The first kappa shape index (κ1) is 13.7. The molecule has 1 aromatic carbocycles. The Bertz CT molecular complexity index is 471. The van der Waals surface area contributed by atoms with E-state index in [-0.39, 0.29) is 24.4 Å². The number of aliphatic hydroxyl groups excluding tert-OH is 1. The molecule has 0 saturated carbocycles. The number of carbonyl (C=O) groups is 1. The molecule has 1 aliphatic rings. The van der Waals surface area contributed by atoms with Crippen molar-refractivity contribution in [3.05, 3.63) is 23.8 Å². The number of hydrogen-bond donors (Lipinski definition) is 1. The number of aliphatic hydroxyl groups is 1. The molecular weight excluding hydrogens is 248 g/mol. The van der Waals surface area contributed by atoms with Gasteiger partial charge in [0.1, 0.15) is 6.10 Å². The summed E-state index contributed by atoms with van der Waals surface area (Å²) in [7, 11) is 3.11. The maximum Gasteiger partial charge on any atom is 0.309 e. The second-order valence-electron chi connectivity index (χ2n) is 4.61. The van der Waals surface area contributed by atoms with Crippen LogP contribution in [0.2, 0.25) is 0 Å². The zero-order valence-corrected chi connectivity index (χ0v) is 11.3. The third-order valence-corrected chi connectivity index (χ3v) is 3.59. The molecule has 1 saturated heterocycles. The molecular formula is C14H18O5. The van der Waals surface area contributed by atoms with E-state index in [0.717, 1.165) is 5.56 Å². The van der Waals surface area contributed by atoms with E-state index >= 15 is 0 Å². The first-order valence-corrected chi connectivity index (χ1v) is 6.15. The Hall–Kier alpha value is -1.75. The summed E-state index contributed by atoms with van der Waals surface area (Å²) < 4.78 is 15.7. The maximum absolute atomic E-state index is 11.6. The van der Waals surface area contributed by atoms with Crippen LogP contribution in [0.15, 0.2) is 18.2 Å². The second kappa shape index (κ2) is 5.48. The summed E-state index contributed by atoms with van der Waals surface area (Å²) in [5.74, 6) is 0.379. The van der Waals surface area contributed by atoms with Gasteiger partial charge in [0, 0.05) is 5.92 Å². The summed E-state index contributed by atoms with van der Waals surface area (Å²) in [5, 5.41) is 9.43. The monoisotopic (exact) mass is 266 g/mol. The van der Waals surface area contributed by atoms with E-state index in [1.165, 1.54) is 0 Å². The molecule has 0 radical (unpaired) electrons. The van der Waals surface area contributed by atoms with Crippen LogP contribution in [0.3, 0.4) is 0 Å². The molecule has 0 amide bonds. The molecule has 1 aromatic rings. The minimum absolute atomic E-state index is 0.0914. The van der Waals surface area contributed by atoms with Gasteiger partial charge in [0.15, 0.2) is 11.5 Å². The van der Waals surface area contributed by atoms with Crippen LogP contribution in [0, 0.1) is 11.8 Å². The number of ether oxygens (including phenoxy) is 3. The smallest absolute Gasteiger partial charge is 0.309 e. The zero-order valence-electron chi connectivity index (χ0n) is 11.3. The second-order valence-corrected chi connectivity index (χ2v) is 4.61. The van der Waals surface area contributed by atoms with Gasteiger partial charge >= 0.3 is 5.97 Å². The number of methoxy groups -OCH3 is 2. The molecule has 0 aliphatic carbocycles. The summed E-state index contributed by atoms with van der Waals surface area (Å²) in [5.41, 5.74) is 0.800. The Morgan fingerprint density at radius 2 is 1.95 bits per heavy atom. The van der Waals surface area contributed by atoms with Crippen LogP contribution in [0.1, 0.15) is 18.6 Å². The molecule has 0 aromatic heterocycles. The van der Waals surface area contributed by atoms with Crippen molar-refractivity contribution in [1.29, 1.82) is 0 Å². The number of hydrogen-bond acceptors (Lipinski definition) is 5. The van der Waals surface area contributed by atoms with E-state index in [2.05, 4.69) is 0 Å². The van der Waals surface area contributed by atoms with E-state index in [9.17, 15) is 9.90 Å². The Morgan fingerprint density at radius 1 is 1.26 bits per heavy atom. The molecule has 1 fully saturated rings. The highest BCUT2D eigenvalue weighted by Gasteiger charge is 2.42. The fourth-order valence-electron chi connectivity index (χ4n) is 2.36. The van der Waals surface area contributed by atoms with Gasteiger partial charge in [-0.15, -0.1) is 0 Å². The van der Waals surface area contributed by atoms with Gasteiger partial charge in [-0.1, -0.05) is 13.0 Å². The molecule has 5 heteroatoms. The summed E-state index contributed by atoms with van der Waals surface area (Å²) >= 11 is 0. The number of esters is 1. The van der Waals surface area contributed by atoms with Crippen LogP contribution < -0.4 is 9.47 Å². The number of benzene rings is 1. The normalized spacial score (nSPS) is 26.1. The molecule has 2 rings (SSSR count). The quantitative estimate of drug-likeness (QED) is 0.838. The molecule has 0 unspecified atom stereocenters. The van der Waals surface area contributed by atoms with Crippen LogP contribution in [0.4, 0.5) is 0 Å². The average Bonchev–Trinajstić information content (AvgIpc) is 2.73. The fraction of sp³-hybridized carbons (Fsp3) is 0.500. The highest BCUT2D eigenvalue weighted by Crippen LogP contribution is 2.41. The standard InChI is InChI=1S/C14H18O5/c1-8-10(7-15)13(19-14(8)16)9-4-5-11(17-2)12(6-9)18-3/h4-6,8,10,13,15H,7H2,1-3H3/t8-,10-,13-/m0/s1. The molecule has 1 N–H and O–H groups in total. The lowest BCUT2D eigenvalue weighted by molar-refractivity contribution is -0.144. The van der Waals surface area contributed by atoms with Gasteiger partial charge in [-0.3, -0.25) is 4.79 Å². The lowest BCUT2D eigenvalue weighted by Crippen LogP contribution is -2.18. The Labute approximate surface area is 112 Å². The summed E-state index contributed by atoms with van der Waals surface area (Å²) in [6, 6.07) is 5.36. The van der Waals surface area contributed by atoms with Crippen LogP contribution in [0.5, 0.6) is 11.5 Å². The van der Waals surface area contributed by atoms with Crippen molar-refractivity contribution in [3.63, 3.8) is 0 Å². The fourth-order valence-corrected chi connectivity index (χ4v) is 2.36. The van der Waals surface area contributed by atoms with E-state index in [4.69, 9.17) is 14.2 Å². The van der Waals surface area contributed by atoms with Crippen molar-refractivity contribution < 1.29 is 24.1 Å². The molecule has 0 bridgehead atoms. The molecule has 0 spiro atoms. The molecule has 3 atom stereocenters. The Balaban J connectivity index is 2.34. The third kappa shape index (κ3) is 2.38. The van der Waals surface area contributed by atoms with Crippen molar-refractivity contribution in [3.8, 4) is 11.5 Å². The van der Waals surface area contributed by atoms with E-state index < -0.39 is 6.10 Å². The van der Waals surface area contributed by atoms with Crippen molar-refractivity contribution in [1.82, 2.24) is 0 Å². The minimum Gasteiger partial charge on any atom is -0.493 e. The summed E-state index contributed by atoms with van der Waals surface area (Å²) in [4.78, 5) is 11.6. The largest absolute Gasteiger partial charge is 0.493 e. The number of cyclic esters (lactones) is 1. The van der Waals surface area contributed by atoms with E-state index in [1.807, 2.05) is 6.07 Å². The minimum atomic E-state index is -0.438. The zero-order chi connectivity index (χ0) is 14.0. The number of rotatable bonds is 4. The molecule has 104 valence electrons.